The fourth-order valence-corrected chi connectivity index (χ4v) is 7.86. The van der Waals surface area contributed by atoms with Crippen molar-refractivity contribution in [2.45, 2.75) is 0 Å². The average Bonchev–Trinajstić information content (AvgIpc) is 3.54. The molecule has 2 heteroatoms. The molecule has 0 bridgehead atoms. The van der Waals surface area contributed by atoms with E-state index in [1.54, 1.807) is 0 Å². The summed E-state index contributed by atoms with van der Waals surface area (Å²) in [6.45, 7) is 0. The second-order valence-electron chi connectivity index (χ2n) is 13.0. The van der Waals surface area contributed by atoms with E-state index in [0.29, 0.717) is 0 Å². The molecule has 0 aliphatic rings. The van der Waals surface area contributed by atoms with Crippen LogP contribution in [0.5, 0.6) is 0 Å². The summed E-state index contributed by atoms with van der Waals surface area (Å²) in [5, 5.41) is 10.0. The van der Waals surface area contributed by atoms with Gasteiger partial charge in [-0.1, -0.05) is 133 Å². The fraction of sp³-hybridized carbons (Fsp3) is 0. The highest BCUT2D eigenvalue weighted by Crippen LogP contribution is 2.45. The van der Waals surface area contributed by atoms with Gasteiger partial charge in [-0.05, 0) is 98.7 Å². The molecule has 0 atom stereocenters. The normalized spacial score (nSPS) is 11.6. The molecule has 0 saturated carbocycles. The van der Waals surface area contributed by atoms with Gasteiger partial charge in [-0.25, -0.2) is 0 Å². The van der Waals surface area contributed by atoms with Crippen LogP contribution in [0, 0.1) is 0 Å². The molecule has 50 heavy (non-hydrogen) atoms. The van der Waals surface area contributed by atoms with Gasteiger partial charge in [0.2, 0.25) is 0 Å². The summed E-state index contributed by atoms with van der Waals surface area (Å²) in [4.78, 5) is 2.39. The van der Waals surface area contributed by atoms with Gasteiger partial charge in [0.25, 0.3) is 0 Å². The Morgan fingerprint density at radius 3 is 1.66 bits per heavy atom. The van der Waals surface area contributed by atoms with Crippen LogP contribution in [0.15, 0.2) is 194 Å². The molecule has 0 amide bonds. The Morgan fingerprint density at radius 1 is 0.340 bits per heavy atom. The first-order chi connectivity index (χ1) is 24.8. The molecule has 0 saturated heterocycles. The van der Waals surface area contributed by atoms with Crippen LogP contribution in [0.25, 0.3) is 70.9 Å². The van der Waals surface area contributed by atoms with Crippen LogP contribution in [0.2, 0.25) is 0 Å². The predicted molar refractivity (Wildman–Crippen MR) is 213 cm³/mol. The van der Waals surface area contributed by atoms with Crippen molar-refractivity contribution in [1.82, 2.24) is 4.57 Å². The fourth-order valence-electron chi connectivity index (χ4n) is 7.86. The maximum absolute atomic E-state index is 2.45. The minimum absolute atomic E-state index is 1.12. The van der Waals surface area contributed by atoms with E-state index < -0.39 is 0 Å². The van der Waals surface area contributed by atoms with E-state index in [-0.39, 0.29) is 0 Å². The largest absolute Gasteiger partial charge is 0.310 e. The summed E-state index contributed by atoms with van der Waals surface area (Å²) in [7, 11) is 0. The van der Waals surface area contributed by atoms with Crippen LogP contribution in [0.3, 0.4) is 0 Å². The number of anilines is 3. The summed E-state index contributed by atoms with van der Waals surface area (Å²) in [5.41, 5.74) is 9.41. The zero-order chi connectivity index (χ0) is 33.0. The van der Waals surface area contributed by atoms with Crippen LogP contribution < -0.4 is 4.90 Å². The highest BCUT2D eigenvalue weighted by Gasteiger charge is 2.21. The third kappa shape index (κ3) is 4.50. The number of rotatable bonds is 5. The molecule has 10 rings (SSSR count). The Balaban J connectivity index is 1.24. The lowest BCUT2D eigenvalue weighted by molar-refractivity contribution is 1.19. The SMILES string of the molecule is c1ccc(-c2ccc3cc(N(c4ccccc4)c4ccc5c(c4)c4c6ccccc6c6ccccc6c4n5-c4ccccc4)ccc3c2)cc1. The summed E-state index contributed by atoms with van der Waals surface area (Å²) < 4.78 is 2.45. The van der Waals surface area contributed by atoms with Gasteiger partial charge in [-0.3, -0.25) is 0 Å². The lowest BCUT2D eigenvalue weighted by atomic mass is 9.96. The van der Waals surface area contributed by atoms with E-state index in [4.69, 9.17) is 0 Å². The Bertz CT molecular complexity index is 2850. The van der Waals surface area contributed by atoms with E-state index in [1.807, 2.05) is 0 Å². The smallest absolute Gasteiger partial charge is 0.0625 e. The van der Waals surface area contributed by atoms with Crippen molar-refractivity contribution in [3.05, 3.63) is 194 Å². The topological polar surface area (TPSA) is 8.17 Å². The van der Waals surface area contributed by atoms with Gasteiger partial charge in [0.1, 0.15) is 0 Å². The molecule has 0 unspecified atom stereocenters. The molecule has 10 aromatic rings. The van der Waals surface area contributed by atoms with Crippen molar-refractivity contribution in [2.75, 3.05) is 4.90 Å². The molecule has 0 N–H and O–H groups in total. The molecule has 0 aliphatic carbocycles. The third-order valence-electron chi connectivity index (χ3n) is 10.1. The third-order valence-corrected chi connectivity index (χ3v) is 10.1. The van der Waals surface area contributed by atoms with Crippen LogP contribution in [0.1, 0.15) is 0 Å². The van der Waals surface area contributed by atoms with Crippen LogP contribution >= 0.6 is 0 Å². The summed E-state index contributed by atoms with van der Waals surface area (Å²) >= 11 is 0. The molecule has 9 aromatic carbocycles. The Hall–Kier alpha value is -6.64. The molecule has 1 heterocycles. The molecule has 0 radical (unpaired) electrons. The molecular weight excluding hydrogens is 605 g/mol. The average molecular weight is 637 g/mol. The van der Waals surface area contributed by atoms with Crippen LogP contribution in [0.4, 0.5) is 17.1 Å². The van der Waals surface area contributed by atoms with Crippen molar-refractivity contribution in [3.8, 4) is 16.8 Å². The quantitative estimate of drug-likeness (QED) is 0.171. The van der Waals surface area contributed by atoms with Crippen molar-refractivity contribution < 1.29 is 0 Å². The Morgan fingerprint density at radius 2 is 0.900 bits per heavy atom. The van der Waals surface area contributed by atoms with Gasteiger partial charge < -0.3 is 9.47 Å². The van der Waals surface area contributed by atoms with E-state index in [1.165, 1.54) is 65.3 Å². The van der Waals surface area contributed by atoms with Gasteiger partial charge in [-0.2, -0.15) is 0 Å². The maximum Gasteiger partial charge on any atom is 0.0625 e. The van der Waals surface area contributed by atoms with Gasteiger partial charge in [0, 0.05) is 38.9 Å². The van der Waals surface area contributed by atoms with E-state index in [2.05, 4.69) is 204 Å². The van der Waals surface area contributed by atoms with Crippen molar-refractivity contribution >= 4 is 71.2 Å². The first-order valence-corrected chi connectivity index (χ1v) is 17.2. The maximum atomic E-state index is 2.45. The first-order valence-electron chi connectivity index (χ1n) is 17.2. The second-order valence-corrected chi connectivity index (χ2v) is 13.0. The number of hydrogen-bond acceptors (Lipinski definition) is 1. The lowest BCUT2D eigenvalue weighted by Gasteiger charge is -2.26. The van der Waals surface area contributed by atoms with E-state index in [9.17, 15) is 0 Å². The zero-order valence-electron chi connectivity index (χ0n) is 27.4. The predicted octanol–water partition coefficient (Wildman–Crippen LogP) is 13.4. The standard InChI is InChI=1S/C48H32N2/c1-4-14-33(15-5-1)34-24-25-36-31-39(27-26-35(36)30-34)49(37-16-6-2-7-17-37)40-28-29-46-45(32-40)47-43-22-12-10-20-41(43)42-21-11-13-23-44(42)48(47)50(46)38-18-8-3-9-19-38/h1-32H. The number of para-hydroxylation sites is 2. The summed E-state index contributed by atoms with van der Waals surface area (Å²) in [6, 6.07) is 70.4. The molecular formula is C48H32N2. The number of fused-ring (bicyclic) bond motifs is 9. The van der Waals surface area contributed by atoms with Gasteiger partial charge >= 0.3 is 0 Å². The zero-order valence-corrected chi connectivity index (χ0v) is 27.4. The number of aromatic nitrogens is 1. The number of nitrogens with zero attached hydrogens (tertiary/aromatic N) is 2. The van der Waals surface area contributed by atoms with Gasteiger partial charge in [-0.15, -0.1) is 0 Å². The highest BCUT2D eigenvalue weighted by molar-refractivity contribution is 6.32. The molecule has 0 fully saturated rings. The Kier molecular flexibility index (Phi) is 6.53. The monoisotopic (exact) mass is 636 g/mol. The van der Waals surface area contributed by atoms with Crippen molar-refractivity contribution in [1.29, 1.82) is 0 Å². The minimum atomic E-state index is 1.12. The highest BCUT2D eigenvalue weighted by atomic mass is 15.1. The van der Waals surface area contributed by atoms with Crippen molar-refractivity contribution in [3.63, 3.8) is 0 Å². The van der Waals surface area contributed by atoms with Gasteiger partial charge in [0.15, 0.2) is 0 Å². The summed E-state index contributed by atoms with van der Waals surface area (Å²) in [5.74, 6) is 0. The minimum Gasteiger partial charge on any atom is -0.310 e. The molecule has 1 aromatic heterocycles. The molecule has 2 nitrogen and oxygen atoms in total. The van der Waals surface area contributed by atoms with Crippen LogP contribution in [-0.2, 0) is 0 Å². The lowest BCUT2D eigenvalue weighted by Crippen LogP contribution is -2.09. The van der Waals surface area contributed by atoms with Crippen molar-refractivity contribution in [2.24, 2.45) is 0 Å². The second kappa shape index (κ2) is 11.5. The Labute approximate surface area is 290 Å². The number of benzene rings is 9. The van der Waals surface area contributed by atoms with Crippen LogP contribution in [-0.4, -0.2) is 4.57 Å². The molecule has 0 spiro atoms. The molecule has 0 aliphatic heterocycles. The van der Waals surface area contributed by atoms with Gasteiger partial charge in [0.05, 0.1) is 11.0 Å². The first kappa shape index (κ1) is 28.4. The van der Waals surface area contributed by atoms with E-state index >= 15 is 0 Å². The van der Waals surface area contributed by atoms with E-state index in [0.717, 1.165) is 22.7 Å². The molecule has 234 valence electrons. The summed E-state index contributed by atoms with van der Waals surface area (Å²) in [6.07, 6.45) is 0. The number of hydrogen-bond donors (Lipinski definition) is 0.